The van der Waals surface area contributed by atoms with Crippen LogP contribution in [0.3, 0.4) is 0 Å². The molecule has 0 saturated heterocycles. The van der Waals surface area contributed by atoms with Crippen molar-refractivity contribution in [3.8, 4) is 0 Å². The molecule has 7 heteroatoms. The minimum absolute atomic E-state index is 0.0642. The van der Waals surface area contributed by atoms with Crippen molar-refractivity contribution in [2.24, 2.45) is 0 Å². The average molecular weight is 383 g/mol. The summed E-state index contributed by atoms with van der Waals surface area (Å²) in [7, 11) is 1.69. The predicted molar refractivity (Wildman–Crippen MR) is 110 cm³/mol. The number of esters is 1. The van der Waals surface area contributed by atoms with Crippen LogP contribution in [-0.2, 0) is 14.3 Å². The maximum absolute atomic E-state index is 12.1. The molecule has 0 aliphatic carbocycles. The lowest BCUT2D eigenvalue weighted by Gasteiger charge is -2.15. The van der Waals surface area contributed by atoms with Gasteiger partial charge in [0, 0.05) is 31.0 Å². The molecule has 2 aromatic rings. The highest BCUT2D eigenvalue weighted by Gasteiger charge is 2.08. The van der Waals surface area contributed by atoms with E-state index in [1.807, 2.05) is 6.92 Å². The van der Waals surface area contributed by atoms with E-state index in [0.717, 1.165) is 17.8 Å². The van der Waals surface area contributed by atoms with Crippen molar-refractivity contribution in [3.63, 3.8) is 0 Å². The Balaban J connectivity index is 1.83. The monoisotopic (exact) mass is 383 g/mol. The lowest BCUT2D eigenvalue weighted by Crippen LogP contribution is -2.23. The maximum atomic E-state index is 12.1. The summed E-state index contributed by atoms with van der Waals surface area (Å²) in [5.41, 5.74) is 2.59. The fourth-order valence-corrected chi connectivity index (χ4v) is 2.34. The molecule has 2 aromatic carbocycles. The summed E-state index contributed by atoms with van der Waals surface area (Å²) in [6, 6.07) is 13.8. The second-order valence-corrected chi connectivity index (χ2v) is 6.24. The molecule has 0 atom stereocenters. The molecule has 0 spiro atoms. The first kappa shape index (κ1) is 21.0. The predicted octanol–water partition coefficient (Wildman–Crippen LogP) is 3.29. The van der Waals surface area contributed by atoms with E-state index in [4.69, 9.17) is 4.74 Å². The van der Waals surface area contributed by atoms with E-state index >= 15 is 0 Å². The van der Waals surface area contributed by atoms with Gasteiger partial charge in [0.2, 0.25) is 11.8 Å². The third-order valence-corrected chi connectivity index (χ3v) is 4.02. The number of anilines is 3. The Kier molecular flexibility index (Phi) is 7.56. The second-order valence-electron chi connectivity index (χ2n) is 6.24. The van der Waals surface area contributed by atoms with Gasteiger partial charge >= 0.3 is 5.97 Å². The van der Waals surface area contributed by atoms with Crippen LogP contribution in [0, 0.1) is 0 Å². The topological polar surface area (TPSA) is 87.7 Å². The van der Waals surface area contributed by atoms with Crippen LogP contribution in [0.25, 0.3) is 0 Å². The fraction of sp³-hybridized carbons (Fsp3) is 0.286. The van der Waals surface area contributed by atoms with Gasteiger partial charge < -0.3 is 20.3 Å². The Morgan fingerprint density at radius 1 is 0.964 bits per heavy atom. The van der Waals surface area contributed by atoms with Crippen molar-refractivity contribution in [1.29, 1.82) is 0 Å². The van der Waals surface area contributed by atoms with Crippen LogP contribution in [0.1, 0.15) is 30.6 Å². The van der Waals surface area contributed by atoms with E-state index in [0.29, 0.717) is 17.9 Å². The van der Waals surface area contributed by atoms with Crippen molar-refractivity contribution < 1.29 is 19.1 Å². The molecule has 148 valence electrons. The number of nitrogens with one attached hydrogen (secondary N) is 2. The van der Waals surface area contributed by atoms with E-state index in [-0.39, 0.29) is 24.3 Å². The highest BCUT2D eigenvalue weighted by molar-refractivity contribution is 5.95. The van der Waals surface area contributed by atoms with Crippen molar-refractivity contribution >= 4 is 34.8 Å². The van der Waals surface area contributed by atoms with E-state index in [2.05, 4.69) is 10.6 Å². The first-order valence-electron chi connectivity index (χ1n) is 9.06. The Morgan fingerprint density at radius 3 is 2.14 bits per heavy atom. The van der Waals surface area contributed by atoms with Crippen LogP contribution in [0.2, 0.25) is 0 Å². The van der Waals surface area contributed by atoms with Gasteiger partial charge in [0.25, 0.3) is 0 Å². The average Bonchev–Trinajstić information content (AvgIpc) is 2.70. The Hall–Kier alpha value is -3.35. The molecule has 2 rings (SSSR count). The molecule has 0 aliphatic rings. The molecule has 0 aliphatic heterocycles. The Labute approximate surface area is 164 Å². The summed E-state index contributed by atoms with van der Waals surface area (Å²) in [4.78, 5) is 36.7. The number of rotatable bonds is 8. The number of nitrogens with zero attached hydrogens (tertiary/aromatic N) is 1. The number of ether oxygens (including phenoxy) is 1. The molecule has 0 fully saturated rings. The zero-order valence-corrected chi connectivity index (χ0v) is 16.3. The summed E-state index contributed by atoms with van der Waals surface area (Å²) < 4.78 is 5.07. The summed E-state index contributed by atoms with van der Waals surface area (Å²) in [6.45, 7) is 3.89. The molecule has 0 aromatic heterocycles. The largest absolute Gasteiger partial charge is 0.462 e. The van der Waals surface area contributed by atoms with Crippen molar-refractivity contribution in [3.05, 3.63) is 54.1 Å². The third-order valence-electron chi connectivity index (χ3n) is 4.02. The first-order valence-corrected chi connectivity index (χ1v) is 9.06. The van der Waals surface area contributed by atoms with Gasteiger partial charge in [-0.2, -0.15) is 0 Å². The highest BCUT2D eigenvalue weighted by Crippen LogP contribution is 2.17. The van der Waals surface area contributed by atoms with E-state index in [9.17, 15) is 14.4 Å². The molecule has 2 amide bonds. The summed E-state index contributed by atoms with van der Waals surface area (Å²) >= 11 is 0. The van der Waals surface area contributed by atoms with Gasteiger partial charge in [-0.15, -0.1) is 0 Å². The van der Waals surface area contributed by atoms with Crippen LogP contribution < -0.4 is 15.5 Å². The number of carbonyl (C=O) groups excluding carboxylic acids is 3. The zero-order chi connectivity index (χ0) is 20.5. The molecular formula is C21H25N3O4. The lowest BCUT2D eigenvalue weighted by molar-refractivity contribution is -0.116. The molecule has 0 saturated carbocycles. The van der Waals surface area contributed by atoms with Gasteiger partial charge in [0.15, 0.2) is 0 Å². The standard InChI is InChI=1S/C21H25N3O4/c1-4-13-28-21(27)16-5-7-17(8-6-16)22-14-20(26)23-18-9-11-19(12-10-18)24(3)15(2)25/h5-12,22H,4,13-14H2,1-3H3,(H,23,26). The Bertz CT molecular complexity index is 817. The normalized spacial score (nSPS) is 10.1. The second kappa shape index (κ2) is 10.1. The summed E-state index contributed by atoms with van der Waals surface area (Å²) in [6.07, 6.45) is 0.774. The SMILES string of the molecule is CCCOC(=O)c1ccc(NCC(=O)Nc2ccc(N(C)C(C)=O)cc2)cc1. The molecule has 2 N–H and O–H groups in total. The minimum Gasteiger partial charge on any atom is -0.462 e. The lowest BCUT2D eigenvalue weighted by atomic mass is 10.2. The molecule has 28 heavy (non-hydrogen) atoms. The molecule has 0 heterocycles. The zero-order valence-electron chi connectivity index (χ0n) is 16.3. The van der Waals surface area contributed by atoms with Gasteiger partial charge in [0.05, 0.1) is 18.7 Å². The number of carbonyl (C=O) groups is 3. The van der Waals surface area contributed by atoms with Crippen molar-refractivity contribution in [2.45, 2.75) is 20.3 Å². The summed E-state index contributed by atoms with van der Waals surface area (Å²) in [5.74, 6) is -0.630. The number of amides is 2. The van der Waals surface area contributed by atoms with E-state index in [1.54, 1.807) is 55.6 Å². The van der Waals surface area contributed by atoms with Gasteiger partial charge in [-0.05, 0) is 55.0 Å². The molecule has 0 unspecified atom stereocenters. The van der Waals surface area contributed by atoms with Gasteiger partial charge in [-0.1, -0.05) is 6.92 Å². The van der Waals surface area contributed by atoms with E-state index in [1.165, 1.54) is 11.8 Å². The van der Waals surface area contributed by atoms with Crippen LogP contribution in [0.5, 0.6) is 0 Å². The summed E-state index contributed by atoms with van der Waals surface area (Å²) in [5, 5.41) is 5.78. The van der Waals surface area contributed by atoms with Gasteiger partial charge in [-0.25, -0.2) is 4.79 Å². The third kappa shape index (κ3) is 6.12. The highest BCUT2D eigenvalue weighted by atomic mass is 16.5. The fourth-order valence-electron chi connectivity index (χ4n) is 2.34. The number of hydrogen-bond acceptors (Lipinski definition) is 5. The first-order chi connectivity index (χ1) is 13.4. The molecule has 0 radical (unpaired) electrons. The van der Waals surface area contributed by atoms with Crippen LogP contribution in [0.15, 0.2) is 48.5 Å². The van der Waals surface area contributed by atoms with Gasteiger partial charge in [-0.3, -0.25) is 9.59 Å². The minimum atomic E-state index is -0.356. The number of hydrogen-bond donors (Lipinski definition) is 2. The van der Waals surface area contributed by atoms with E-state index < -0.39 is 0 Å². The quantitative estimate of drug-likeness (QED) is 0.683. The van der Waals surface area contributed by atoms with Crippen molar-refractivity contribution in [1.82, 2.24) is 0 Å². The molecule has 0 bridgehead atoms. The van der Waals surface area contributed by atoms with Crippen LogP contribution in [-0.4, -0.2) is 38.0 Å². The van der Waals surface area contributed by atoms with Crippen LogP contribution in [0.4, 0.5) is 17.1 Å². The maximum Gasteiger partial charge on any atom is 0.338 e. The molecule has 7 nitrogen and oxygen atoms in total. The smallest absolute Gasteiger partial charge is 0.338 e. The van der Waals surface area contributed by atoms with Gasteiger partial charge in [0.1, 0.15) is 0 Å². The molecular weight excluding hydrogens is 358 g/mol. The number of benzene rings is 2. The Morgan fingerprint density at radius 2 is 1.57 bits per heavy atom. The van der Waals surface area contributed by atoms with Crippen molar-refractivity contribution in [2.75, 3.05) is 35.7 Å². The van der Waals surface area contributed by atoms with Crippen LogP contribution >= 0.6 is 0 Å².